The lowest BCUT2D eigenvalue weighted by atomic mass is 10.1. The van der Waals surface area contributed by atoms with Crippen molar-refractivity contribution in [1.82, 2.24) is 9.78 Å². The number of rotatable bonds is 7. The van der Waals surface area contributed by atoms with E-state index in [1.54, 1.807) is 31.4 Å². The molecule has 30 heavy (non-hydrogen) atoms. The number of carbonyl (C=O) groups excluding carboxylic acids is 1. The van der Waals surface area contributed by atoms with Crippen LogP contribution in [0.5, 0.6) is 11.5 Å². The monoisotopic (exact) mass is 407 g/mol. The number of hydrogen-bond donors (Lipinski definition) is 1. The summed E-state index contributed by atoms with van der Waals surface area (Å²) < 4.78 is 11.8. The van der Waals surface area contributed by atoms with Crippen LogP contribution in [0.4, 0.5) is 5.69 Å². The van der Waals surface area contributed by atoms with Crippen molar-refractivity contribution in [2.24, 2.45) is 0 Å². The van der Waals surface area contributed by atoms with Crippen LogP contribution in [0.1, 0.15) is 24.9 Å². The number of aryl methyl sites for hydroxylation is 1. The summed E-state index contributed by atoms with van der Waals surface area (Å²) >= 11 is 0. The van der Waals surface area contributed by atoms with E-state index in [1.165, 1.54) is 17.9 Å². The molecule has 0 saturated carbocycles. The highest BCUT2D eigenvalue weighted by Crippen LogP contribution is 2.30. The maximum atomic E-state index is 13.0. The molecule has 1 amide bonds. The highest BCUT2D eigenvalue weighted by atomic mass is 16.5. The van der Waals surface area contributed by atoms with Crippen LogP contribution in [0.25, 0.3) is 11.3 Å². The molecule has 0 radical (unpaired) electrons. The Labute approximate surface area is 175 Å². The van der Waals surface area contributed by atoms with Crippen molar-refractivity contribution in [3.63, 3.8) is 0 Å². The van der Waals surface area contributed by atoms with Gasteiger partial charge in [0.25, 0.3) is 5.56 Å². The number of aromatic nitrogens is 2. The van der Waals surface area contributed by atoms with E-state index in [9.17, 15) is 9.59 Å². The summed E-state index contributed by atoms with van der Waals surface area (Å²) in [5.74, 6) is 0.725. The second kappa shape index (κ2) is 9.26. The van der Waals surface area contributed by atoms with E-state index in [1.807, 2.05) is 38.1 Å². The Balaban J connectivity index is 1.92. The Hall–Kier alpha value is -3.61. The van der Waals surface area contributed by atoms with E-state index < -0.39 is 6.04 Å². The summed E-state index contributed by atoms with van der Waals surface area (Å²) in [5, 5.41) is 7.31. The van der Waals surface area contributed by atoms with Gasteiger partial charge in [0, 0.05) is 17.7 Å². The summed E-state index contributed by atoms with van der Waals surface area (Å²) in [6.45, 7) is 3.84. The van der Waals surface area contributed by atoms with E-state index in [0.29, 0.717) is 29.3 Å². The van der Waals surface area contributed by atoms with Crippen LogP contribution in [0.15, 0.2) is 59.4 Å². The lowest BCUT2D eigenvalue weighted by Gasteiger charge is -2.19. The van der Waals surface area contributed by atoms with Gasteiger partial charge in [-0.15, -0.1) is 0 Å². The first-order chi connectivity index (χ1) is 14.5. The van der Waals surface area contributed by atoms with Gasteiger partial charge >= 0.3 is 0 Å². The molecule has 7 nitrogen and oxygen atoms in total. The fourth-order valence-corrected chi connectivity index (χ4v) is 3.11. The quantitative estimate of drug-likeness (QED) is 0.644. The number of carbonyl (C=O) groups is 1. The van der Waals surface area contributed by atoms with Crippen LogP contribution < -0.4 is 20.3 Å². The van der Waals surface area contributed by atoms with Crippen molar-refractivity contribution in [3.05, 3.63) is 70.5 Å². The van der Waals surface area contributed by atoms with Gasteiger partial charge in [0.2, 0.25) is 5.91 Å². The highest BCUT2D eigenvalue weighted by molar-refractivity contribution is 5.95. The van der Waals surface area contributed by atoms with Gasteiger partial charge in [0.1, 0.15) is 17.5 Å². The molecular weight excluding hydrogens is 382 g/mol. The topological polar surface area (TPSA) is 82.4 Å². The third-order valence-electron chi connectivity index (χ3n) is 4.82. The second-order valence-electron chi connectivity index (χ2n) is 6.85. The van der Waals surface area contributed by atoms with Gasteiger partial charge in [-0.1, -0.05) is 36.8 Å². The molecule has 1 heterocycles. The number of benzene rings is 2. The molecular formula is C23H25N3O4. The molecule has 0 spiro atoms. The molecule has 0 aliphatic heterocycles. The van der Waals surface area contributed by atoms with Crippen molar-refractivity contribution in [2.75, 3.05) is 19.5 Å². The van der Waals surface area contributed by atoms with Gasteiger partial charge in [-0.25, -0.2) is 4.68 Å². The number of ether oxygens (including phenoxy) is 2. The second-order valence-corrected chi connectivity index (χ2v) is 6.85. The van der Waals surface area contributed by atoms with Gasteiger partial charge < -0.3 is 14.8 Å². The van der Waals surface area contributed by atoms with E-state index in [2.05, 4.69) is 10.4 Å². The first kappa shape index (κ1) is 21.1. The third-order valence-corrected chi connectivity index (χ3v) is 4.82. The molecule has 3 aromatic rings. The lowest BCUT2D eigenvalue weighted by molar-refractivity contribution is -0.119. The first-order valence-corrected chi connectivity index (χ1v) is 9.66. The van der Waals surface area contributed by atoms with Crippen molar-refractivity contribution in [2.45, 2.75) is 26.3 Å². The minimum atomic E-state index is -0.769. The minimum Gasteiger partial charge on any atom is -0.497 e. The zero-order valence-electron chi connectivity index (χ0n) is 17.5. The van der Waals surface area contributed by atoms with Crippen LogP contribution in [-0.2, 0) is 4.79 Å². The maximum Gasteiger partial charge on any atom is 0.267 e. The van der Waals surface area contributed by atoms with E-state index in [-0.39, 0.29) is 11.5 Å². The van der Waals surface area contributed by atoms with E-state index >= 15 is 0 Å². The molecule has 2 aromatic carbocycles. The number of methoxy groups -OCH3 is 2. The Morgan fingerprint density at radius 2 is 1.80 bits per heavy atom. The lowest BCUT2D eigenvalue weighted by Crippen LogP contribution is -2.34. The molecule has 1 N–H and O–H groups in total. The molecule has 1 atom stereocenters. The molecule has 1 unspecified atom stereocenters. The molecule has 0 saturated heterocycles. The molecule has 156 valence electrons. The van der Waals surface area contributed by atoms with Crippen molar-refractivity contribution >= 4 is 11.6 Å². The van der Waals surface area contributed by atoms with E-state index in [4.69, 9.17) is 9.47 Å². The maximum absolute atomic E-state index is 13.0. The van der Waals surface area contributed by atoms with Gasteiger partial charge in [-0.3, -0.25) is 9.59 Å². The molecule has 3 rings (SSSR count). The minimum absolute atomic E-state index is 0.338. The zero-order valence-corrected chi connectivity index (χ0v) is 17.5. The number of anilines is 1. The Kier molecular flexibility index (Phi) is 6.51. The smallest absolute Gasteiger partial charge is 0.267 e. The molecule has 0 aliphatic rings. The first-order valence-electron chi connectivity index (χ1n) is 9.66. The summed E-state index contributed by atoms with van der Waals surface area (Å²) in [7, 11) is 3.07. The Bertz CT molecular complexity index is 1090. The summed E-state index contributed by atoms with van der Waals surface area (Å²) in [4.78, 5) is 25.5. The fourth-order valence-electron chi connectivity index (χ4n) is 3.11. The normalized spacial score (nSPS) is 11.6. The van der Waals surface area contributed by atoms with Crippen molar-refractivity contribution < 1.29 is 14.3 Å². The zero-order chi connectivity index (χ0) is 21.7. The average Bonchev–Trinajstić information content (AvgIpc) is 2.76. The summed E-state index contributed by atoms with van der Waals surface area (Å²) in [5.41, 5.74) is 2.79. The third kappa shape index (κ3) is 4.51. The van der Waals surface area contributed by atoms with Gasteiger partial charge in [0.05, 0.1) is 25.6 Å². The van der Waals surface area contributed by atoms with Crippen LogP contribution in [-0.4, -0.2) is 29.9 Å². The standard InChI is InChI=1S/C23H25N3O4/c1-5-20(23(28)24-19-11-10-17(29-3)14-21(19)30-4)26-22(27)13-12-18(25-26)16-8-6-15(2)7-9-16/h6-14,20H,5H2,1-4H3,(H,24,28). The molecule has 7 heteroatoms. The summed E-state index contributed by atoms with van der Waals surface area (Å²) in [6, 6.07) is 15.3. The van der Waals surface area contributed by atoms with Gasteiger partial charge in [-0.05, 0) is 31.5 Å². The van der Waals surface area contributed by atoms with E-state index in [0.717, 1.165) is 11.1 Å². The Morgan fingerprint density at radius 3 is 2.43 bits per heavy atom. The van der Waals surface area contributed by atoms with Crippen molar-refractivity contribution in [3.8, 4) is 22.8 Å². The predicted octanol–water partition coefficient (Wildman–Crippen LogP) is 3.83. The van der Waals surface area contributed by atoms with Crippen LogP contribution >= 0.6 is 0 Å². The van der Waals surface area contributed by atoms with Crippen LogP contribution in [0.3, 0.4) is 0 Å². The predicted molar refractivity (Wildman–Crippen MR) is 116 cm³/mol. The molecule has 0 aliphatic carbocycles. The number of amides is 1. The Morgan fingerprint density at radius 1 is 1.07 bits per heavy atom. The number of nitrogens with zero attached hydrogens (tertiary/aromatic N) is 2. The molecule has 0 fully saturated rings. The average molecular weight is 407 g/mol. The van der Waals surface area contributed by atoms with Crippen LogP contribution in [0.2, 0.25) is 0 Å². The van der Waals surface area contributed by atoms with Gasteiger partial charge in [0.15, 0.2) is 0 Å². The summed E-state index contributed by atoms with van der Waals surface area (Å²) in [6.07, 6.45) is 0.397. The van der Waals surface area contributed by atoms with Gasteiger partial charge in [-0.2, -0.15) is 5.10 Å². The van der Waals surface area contributed by atoms with Crippen LogP contribution in [0, 0.1) is 6.92 Å². The highest BCUT2D eigenvalue weighted by Gasteiger charge is 2.22. The molecule has 0 bridgehead atoms. The SMILES string of the molecule is CCC(C(=O)Nc1ccc(OC)cc1OC)n1nc(-c2ccc(C)cc2)ccc1=O. The molecule has 1 aromatic heterocycles. The largest absolute Gasteiger partial charge is 0.497 e. The number of hydrogen-bond acceptors (Lipinski definition) is 5. The fraction of sp³-hybridized carbons (Fsp3) is 0.261. The number of nitrogens with one attached hydrogen (secondary N) is 1. The van der Waals surface area contributed by atoms with Crippen molar-refractivity contribution in [1.29, 1.82) is 0 Å².